The van der Waals surface area contributed by atoms with Crippen molar-refractivity contribution in [3.63, 3.8) is 0 Å². The monoisotopic (exact) mass is 362 g/mol. The molecule has 1 N–H and O–H groups in total. The summed E-state index contributed by atoms with van der Waals surface area (Å²) in [5.74, 6) is 1.31. The Hall–Kier alpha value is -0.230. The normalized spacial score (nSPS) is 16.8. The third kappa shape index (κ3) is 4.17. The summed E-state index contributed by atoms with van der Waals surface area (Å²) in [6.45, 7) is 0. The quantitative estimate of drug-likeness (QED) is 0.783. The molecule has 4 heteroatoms. The van der Waals surface area contributed by atoms with Gasteiger partial charge in [-0.05, 0) is 64.3 Å². The maximum absolute atomic E-state index is 10.7. The standard InChI is InChI=1S/C13H15IO2S/c14-11-3-1-10(2-4-11)8-17-9-13(5-6-13)7-12(15)16/h1-4H,5-9H2,(H,15,16). The van der Waals surface area contributed by atoms with E-state index in [0.29, 0.717) is 6.42 Å². The number of rotatable bonds is 6. The second-order valence-electron chi connectivity index (χ2n) is 4.69. The van der Waals surface area contributed by atoms with Gasteiger partial charge in [-0.2, -0.15) is 11.8 Å². The topological polar surface area (TPSA) is 37.3 Å². The maximum atomic E-state index is 10.7. The maximum Gasteiger partial charge on any atom is 0.303 e. The minimum Gasteiger partial charge on any atom is -0.481 e. The second kappa shape index (κ2) is 5.61. The smallest absolute Gasteiger partial charge is 0.303 e. The SMILES string of the molecule is O=C(O)CC1(CSCc2ccc(I)cc2)CC1. The van der Waals surface area contributed by atoms with Crippen molar-refractivity contribution in [2.75, 3.05) is 5.75 Å². The average Bonchev–Trinajstić information content (AvgIpc) is 3.00. The van der Waals surface area contributed by atoms with Crippen molar-refractivity contribution >= 4 is 40.3 Å². The highest BCUT2D eigenvalue weighted by molar-refractivity contribution is 14.1. The van der Waals surface area contributed by atoms with E-state index in [9.17, 15) is 4.79 Å². The largest absolute Gasteiger partial charge is 0.481 e. The summed E-state index contributed by atoms with van der Waals surface area (Å²) in [6, 6.07) is 8.51. The molecule has 0 aliphatic heterocycles. The van der Waals surface area contributed by atoms with Gasteiger partial charge in [-0.15, -0.1) is 0 Å². The lowest BCUT2D eigenvalue weighted by molar-refractivity contribution is -0.138. The van der Waals surface area contributed by atoms with Gasteiger partial charge in [-0.1, -0.05) is 12.1 Å². The zero-order valence-corrected chi connectivity index (χ0v) is 12.5. The molecule has 1 aliphatic rings. The van der Waals surface area contributed by atoms with Gasteiger partial charge in [0, 0.05) is 9.32 Å². The third-order valence-electron chi connectivity index (χ3n) is 3.07. The molecule has 0 spiro atoms. The van der Waals surface area contributed by atoms with Crippen LogP contribution >= 0.6 is 34.4 Å². The fourth-order valence-electron chi connectivity index (χ4n) is 1.84. The van der Waals surface area contributed by atoms with E-state index in [4.69, 9.17) is 5.11 Å². The Balaban J connectivity index is 1.76. The van der Waals surface area contributed by atoms with Gasteiger partial charge in [0.2, 0.25) is 0 Å². The van der Waals surface area contributed by atoms with Crippen molar-refractivity contribution in [1.29, 1.82) is 0 Å². The van der Waals surface area contributed by atoms with Crippen LogP contribution in [-0.2, 0) is 10.5 Å². The van der Waals surface area contributed by atoms with Gasteiger partial charge in [0.25, 0.3) is 0 Å². The molecule has 2 rings (SSSR count). The van der Waals surface area contributed by atoms with Crippen LogP contribution in [-0.4, -0.2) is 16.8 Å². The van der Waals surface area contributed by atoms with Crippen LogP contribution in [0, 0.1) is 8.99 Å². The van der Waals surface area contributed by atoms with Crippen LogP contribution in [0.3, 0.4) is 0 Å². The molecule has 0 saturated heterocycles. The Bertz CT molecular complexity index is 398. The lowest BCUT2D eigenvalue weighted by Crippen LogP contribution is -2.11. The first-order chi connectivity index (χ1) is 8.10. The van der Waals surface area contributed by atoms with Crippen molar-refractivity contribution in [3.8, 4) is 0 Å². The highest BCUT2D eigenvalue weighted by Gasteiger charge is 2.43. The molecular formula is C13H15IO2S. The molecule has 17 heavy (non-hydrogen) atoms. The molecule has 0 atom stereocenters. The molecule has 0 heterocycles. The van der Waals surface area contributed by atoms with Crippen LogP contribution in [0.4, 0.5) is 0 Å². The van der Waals surface area contributed by atoms with Crippen molar-refractivity contribution < 1.29 is 9.90 Å². The minimum absolute atomic E-state index is 0.111. The first kappa shape index (κ1) is 13.2. The van der Waals surface area contributed by atoms with Crippen LogP contribution in [0.25, 0.3) is 0 Å². The molecule has 2 nitrogen and oxygen atoms in total. The number of carboxylic acid groups (broad SMARTS) is 1. The number of hydrogen-bond donors (Lipinski definition) is 1. The number of aliphatic carboxylic acids is 1. The number of thioether (sulfide) groups is 1. The van der Waals surface area contributed by atoms with Gasteiger partial charge in [-0.25, -0.2) is 0 Å². The average molecular weight is 362 g/mol. The second-order valence-corrected chi connectivity index (χ2v) is 6.92. The Morgan fingerprint density at radius 3 is 2.53 bits per heavy atom. The number of halogens is 1. The predicted molar refractivity (Wildman–Crippen MR) is 79.2 cm³/mol. The Labute approximate surface area is 119 Å². The number of hydrogen-bond acceptors (Lipinski definition) is 2. The van der Waals surface area contributed by atoms with E-state index in [-0.39, 0.29) is 5.41 Å². The van der Waals surface area contributed by atoms with Crippen LogP contribution in [0.1, 0.15) is 24.8 Å². The highest BCUT2D eigenvalue weighted by Crippen LogP contribution is 2.51. The molecule has 1 fully saturated rings. The molecule has 0 amide bonds. The number of carboxylic acids is 1. The fraction of sp³-hybridized carbons (Fsp3) is 0.462. The number of carbonyl (C=O) groups is 1. The summed E-state index contributed by atoms with van der Waals surface area (Å²) in [6.07, 6.45) is 2.50. The molecule has 0 bridgehead atoms. The Morgan fingerprint density at radius 1 is 1.35 bits per heavy atom. The summed E-state index contributed by atoms with van der Waals surface area (Å²) in [5, 5.41) is 8.83. The summed E-state index contributed by atoms with van der Waals surface area (Å²) in [7, 11) is 0. The Morgan fingerprint density at radius 2 is 2.00 bits per heavy atom. The van der Waals surface area contributed by atoms with Gasteiger partial charge in [0.1, 0.15) is 0 Å². The summed E-state index contributed by atoms with van der Waals surface area (Å²) in [4.78, 5) is 10.7. The van der Waals surface area contributed by atoms with Crippen LogP contribution in [0.15, 0.2) is 24.3 Å². The number of benzene rings is 1. The molecule has 0 unspecified atom stereocenters. The van der Waals surface area contributed by atoms with E-state index in [1.165, 1.54) is 9.13 Å². The summed E-state index contributed by atoms with van der Waals surface area (Å²) >= 11 is 4.16. The summed E-state index contributed by atoms with van der Waals surface area (Å²) in [5.41, 5.74) is 1.43. The van der Waals surface area contributed by atoms with Crippen molar-refractivity contribution in [3.05, 3.63) is 33.4 Å². The lowest BCUT2D eigenvalue weighted by Gasteiger charge is -2.11. The van der Waals surface area contributed by atoms with E-state index in [2.05, 4.69) is 46.9 Å². The van der Waals surface area contributed by atoms with E-state index in [1.54, 1.807) is 0 Å². The van der Waals surface area contributed by atoms with Gasteiger partial charge < -0.3 is 5.11 Å². The zero-order valence-electron chi connectivity index (χ0n) is 9.49. The van der Waals surface area contributed by atoms with Crippen molar-refractivity contribution in [1.82, 2.24) is 0 Å². The molecule has 92 valence electrons. The van der Waals surface area contributed by atoms with Crippen LogP contribution < -0.4 is 0 Å². The molecule has 1 aliphatic carbocycles. The van der Waals surface area contributed by atoms with E-state index in [0.717, 1.165) is 24.3 Å². The molecule has 1 aromatic carbocycles. The first-order valence-corrected chi connectivity index (χ1v) is 7.87. The Kier molecular flexibility index (Phi) is 4.36. The van der Waals surface area contributed by atoms with E-state index >= 15 is 0 Å². The van der Waals surface area contributed by atoms with Crippen LogP contribution in [0.5, 0.6) is 0 Å². The molecule has 0 radical (unpaired) electrons. The zero-order chi connectivity index (χ0) is 12.3. The third-order valence-corrected chi connectivity index (χ3v) is 5.15. The van der Waals surface area contributed by atoms with E-state index < -0.39 is 5.97 Å². The molecule has 1 saturated carbocycles. The minimum atomic E-state index is -0.655. The molecule has 0 aromatic heterocycles. The van der Waals surface area contributed by atoms with Gasteiger partial charge >= 0.3 is 5.97 Å². The van der Waals surface area contributed by atoms with Crippen molar-refractivity contribution in [2.45, 2.75) is 25.0 Å². The first-order valence-electron chi connectivity index (χ1n) is 5.64. The predicted octanol–water partition coefficient (Wildman–Crippen LogP) is 3.78. The van der Waals surface area contributed by atoms with Gasteiger partial charge in [0.05, 0.1) is 6.42 Å². The molecule has 1 aromatic rings. The van der Waals surface area contributed by atoms with E-state index in [1.807, 2.05) is 11.8 Å². The van der Waals surface area contributed by atoms with Crippen LogP contribution in [0.2, 0.25) is 0 Å². The lowest BCUT2D eigenvalue weighted by atomic mass is 10.1. The summed E-state index contributed by atoms with van der Waals surface area (Å²) < 4.78 is 1.25. The van der Waals surface area contributed by atoms with Gasteiger partial charge in [0.15, 0.2) is 0 Å². The van der Waals surface area contributed by atoms with Crippen molar-refractivity contribution in [2.24, 2.45) is 5.41 Å². The van der Waals surface area contributed by atoms with Gasteiger partial charge in [-0.3, -0.25) is 4.79 Å². The molecular weight excluding hydrogens is 347 g/mol. The highest BCUT2D eigenvalue weighted by atomic mass is 127. The fourth-order valence-corrected chi connectivity index (χ4v) is 3.55.